The van der Waals surface area contributed by atoms with Gasteiger partial charge >= 0.3 is 0 Å². The molecular formula is C14H24N2O. The highest BCUT2D eigenvalue weighted by molar-refractivity contribution is 5.20. The summed E-state index contributed by atoms with van der Waals surface area (Å²) in [6.45, 7) is 6.36. The first-order valence-corrected chi connectivity index (χ1v) is 6.56. The van der Waals surface area contributed by atoms with Crippen molar-refractivity contribution < 1.29 is 4.74 Å². The normalized spacial score (nSPS) is 12.8. The Hall–Kier alpha value is -1.09. The highest BCUT2D eigenvalue weighted by atomic mass is 16.5. The Kier molecular flexibility index (Phi) is 5.98. The van der Waals surface area contributed by atoms with Gasteiger partial charge in [-0.25, -0.2) is 0 Å². The van der Waals surface area contributed by atoms with Crippen molar-refractivity contribution in [1.29, 1.82) is 0 Å². The van der Waals surface area contributed by atoms with Crippen LogP contribution >= 0.6 is 0 Å². The molecule has 1 unspecified atom stereocenters. The molecule has 0 aliphatic carbocycles. The van der Waals surface area contributed by atoms with Gasteiger partial charge in [0.1, 0.15) is 5.75 Å². The summed E-state index contributed by atoms with van der Waals surface area (Å²) >= 11 is 0. The van der Waals surface area contributed by atoms with Gasteiger partial charge in [0.2, 0.25) is 0 Å². The van der Waals surface area contributed by atoms with Gasteiger partial charge in [0.15, 0.2) is 0 Å². The van der Waals surface area contributed by atoms with Crippen molar-refractivity contribution in [2.24, 2.45) is 5.73 Å². The van der Waals surface area contributed by atoms with Gasteiger partial charge in [-0.3, -0.25) is 4.98 Å². The number of nitrogens with zero attached hydrogens (tertiary/aromatic N) is 1. The molecule has 0 aliphatic heterocycles. The molecule has 1 aromatic rings. The minimum atomic E-state index is 0.202. The summed E-state index contributed by atoms with van der Waals surface area (Å²) < 4.78 is 5.81. The van der Waals surface area contributed by atoms with Gasteiger partial charge in [-0.2, -0.15) is 0 Å². The van der Waals surface area contributed by atoms with E-state index in [0.717, 1.165) is 37.1 Å². The van der Waals surface area contributed by atoms with Crippen LogP contribution in [0, 0.1) is 0 Å². The van der Waals surface area contributed by atoms with Crippen LogP contribution in [0.2, 0.25) is 0 Å². The van der Waals surface area contributed by atoms with E-state index in [2.05, 4.69) is 25.8 Å². The topological polar surface area (TPSA) is 48.1 Å². The van der Waals surface area contributed by atoms with Crippen molar-refractivity contribution in [1.82, 2.24) is 4.98 Å². The summed E-state index contributed by atoms with van der Waals surface area (Å²) in [7, 11) is 0. The Morgan fingerprint density at radius 2 is 1.88 bits per heavy atom. The standard InChI is InChI=1S/C14H24N2O/c1-4-11(15)9-12-7-8-14(10-16-12)17-13(5-2)6-3/h7-8,10-11,13H,4-6,9,15H2,1-3H3. The molecule has 3 heteroatoms. The van der Waals surface area contributed by atoms with Crippen LogP contribution in [0.3, 0.4) is 0 Å². The molecule has 0 saturated carbocycles. The molecule has 0 aromatic carbocycles. The third-order valence-electron chi connectivity index (χ3n) is 3.01. The van der Waals surface area contributed by atoms with E-state index in [0.29, 0.717) is 6.10 Å². The highest BCUT2D eigenvalue weighted by Crippen LogP contribution is 2.15. The summed E-state index contributed by atoms with van der Waals surface area (Å²) in [5.41, 5.74) is 6.93. The van der Waals surface area contributed by atoms with Crippen LogP contribution in [0.4, 0.5) is 0 Å². The predicted octanol–water partition coefficient (Wildman–Crippen LogP) is 2.93. The highest BCUT2D eigenvalue weighted by Gasteiger charge is 2.06. The lowest BCUT2D eigenvalue weighted by molar-refractivity contribution is 0.192. The van der Waals surface area contributed by atoms with Crippen LogP contribution < -0.4 is 10.5 Å². The van der Waals surface area contributed by atoms with E-state index in [9.17, 15) is 0 Å². The SMILES string of the molecule is CCC(N)Cc1ccc(OC(CC)CC)cn1. The van der Waals surface area contributed by atoms with Gasteiger partial charge in [0.25, 0.3) is 0 Å². The largest absolute Gasteiger partial charge is 0.489 e. The van der Waals surface area contributed by atoms with Gasteiger partial charge in [0.05, 0.1) is 12.3 Å². The fraction of sp³-hybridized carbons (Fsp3) is 0.643. The maximum absolute atomic E-state index is 5.90. The van der Waals surface area contributed by atoms with Gasteiger partial charge in [-0.1, -0.05) is 20.8 Å². The number of ether oxygens (including phenoxy) is 1. The van der Waals surface area contributed by atoms with E-state index in [-0.39, 0.29) is 6.04 Å². The molecule has 1 atom stereocenters. The third kappa shape index (κ3) is 4.73. The lowest BCUT2D eigenvalue weighted by atomic mass is 10.1. The van der Waals surface area contributed by atoms with E-state index in [1.807, 2.05) is 12.1 Å². The first-order valence-electron chi connectivity index (χ1n) is 6.56. The Bertz CT molecular complexity index is 307. The molecule has 0 saturated heterocycles. The van der Waals surface area contributed by atoms with E-state index < -0.39 is 0 Å². The predicted molar refractivity (Wildman–Crippen MR) is 71.2 cm³/mol. The van der Waals surface area contributed by atoms with Gasteiger partial charge in [0, 0.05) is 18.2 Å². The van der Waals surface area contributed by atoms with Gasteiger partial charge in [-0.05, 0) is 31.4 Å². The molecule has 1 rings (SSSR count). The molecule has 2 N–H and O–H groups in total. The molecule has 17 heavy (non-hydrogen) atoms. The first-order chi connectivity index (χ1) is 8.19. The average molecular weight is 236 g/mol. The molecule has 96 valence electrons. The number of pyridine rings is 1. The number of nitrogens with two attached hydrogens (primary N) is 1. The number of hydrogen-bond donors (Lipinski definition) is 1. The number of aromatic nitrogens is 1. The molecule has 0 fully saturated rings. The van der Waals surface area contributed by atoms with Crippen LogP contribution in [-0.4, -0.2) is 17.1 Å². The minimum absolute atomic E-state index is 0.202. The zero-order valence-corrected chi connectivity index (χ0v) is 11.1. The molecule has 0 radical (unpaired) electrons. The summed E-state index contributed by atoms with van der Waals surface area (Å²) in [6, 6.07) is 4.20. The lowest BCUT2D eigenvalue weighted by Gasteiger charge is -2.15. The lowest BCUT2D eigenvalue weighted by Crippen LogP contribution is -2.22. The van der Waals surface area contributed by atoms with Crippen LogP contribution in [0.15, 0.2) is 18.3 Å². The fourth-order valence-corrected chi connectivity index (χ4v) is 1.66. The summed E-state index contributed by atoms with van der Waals surface area (Å²) in [5.74, 6) is 0.854. The van der Waals surface area contributed by atoms with Crippen molar-refractivity contribution in [2.75, 3.05) is 0 Å². The van der Waals surface area contributed by atoms with Crippen LogP contribution in [0.25, 0.3) is 0 Å². The van der Waals surface area contributed by atoms with E-state index >= 15 is 0 Å². The van der Waals surface area contributed by atoms with Crippen LogP contribution in [0.1, 0.15) is 45.7 Å². The molecular weight excluding hydrogens is 212 g/mol. The third-order valence-corrected chi connectivity index (χ3v) is 3.01. The Balaban J connectivity index is 2.55. The second kappa shape index (κ2) is 7.28. The summed E-state index contributed by atoms with van der Waals surface area (Å²) in [6.07, 6.45) is 5.96. The van der Waals surface area contributed by atoms with Crippen LogP contribution in [-0.2, 0) is 6.42 Å². The zero-order valence-electron chi connectivity index (χ0n) is 11.1. The second-order valence-electron chi connectivity index (χ2n) is 4.41. The molecule has 0 bridgehead atoms. The monoisotopic (exact) mass is 236 g/mol. The second-order valence-corrected chi connectivity index (χ2v) is 4.41. The summed E-state index contributed by atoms with van der Waals surface area (Å²) in [4.78, 5) is 4.38. The molecule has 3 nitrogen and oxygen atoms in total. The number of hydrogen-bond acceptors (Lipinski definition) is 3. The average Bonchev–Trinajstić information content (AvgIpc) is 2.37. The Morgan fingerprint density at radius 1 is 1.18 bits per heavy atom. The fourth-order valence-electron chi connectivity index (χ4n) is 1.66. The summed E-state index contributed by atoms with van der Waals surface area (Å²) in [5, 5.41) is 0. The van der Waals surface area contributed by atoms with E-state index in [4.69, 9.17) is 10.5 Å². The van der Waals surface area contributed by atoms with Crippen LogP contribution in [0.5, 0.6) is 5.75 Å². The Labute approximate surface area is 104 Å². The van der Waals surface area contributed by atoms with E-state index in [1.165, 1.54) is 0 Å². The molecule has 1 heterocycles. The molecule has 0 spiro atoms. The quantitative estimate of drug-likeness (QED) is 0.792. The first kappa shape index (κ1) is 14.0. The van der Waals surface area contributed by atoms with Crippen molar-refractivity contribution in [3.05, 3.63) is 24.0 Å². The van der Waals surface area contributed by atoms with E-state index in [1.54, 1.807) is 6.20 Å². The zero-order chi connectivity index (χ0) is 12.7. The molecule has 0 amide bonds. The molecule has 0 aliphatic rings. The van der Waals surface area contributed by atoms with Crippen molar-refractivity contribution in [2.45, 2.75) is 58.6 Å². The van der Waals surface area contributed by atoms with Crippen molar-refractivity contribution >= 4 is 0 Å². The van der Waals surface area contributed by atoms with Crippen molar-refractivity contribution in [3.63, 3.8) is 0 Å². The van der Waals surface area contributed by atoms with Crippen molar-refractivity contribution in [3.8, 4) is 5.75 Å². The smallest absolute Gasteiger partial charge is 0.138 e. The molecule has 1 aromatic heterocycles. The minimum Gasteiger partial charge on any atom is -0.489 e. The Morgan fingerprint density at radius 3 is 2.35 bits per heavy atom. The maximum Gasteiger partial charge on any atom is 0.138 e. The maximum atomic E-state index is 5.90. The van der Waals surface area contributed by atoms with Gasteiger partial charge < -0.3 is 10.5 Å². The van der Waals surface area contributed by atoms with Gasteiger partial charge in [-0.15, -0.1) is 0 Å². The number of rotatable bonds is 7.